The molecular weight excluding hydrogens is 332 g/mol. The van der Waals surface area contributed by atoms with Gasteiger partial charge in [0.05, 0.1) is 32.4 Å². The van der Waals surface area contributed by atoms with Crippen LogP contribution in [0.5, 0.6) is 0 Å². The van der Waals surface area contributed by atoms with E-state index < -0.39 is 23.9 Å². The van der Waals surface area contributed by atoms with Crippen molar-refractivity contribution in [3.8, 4) is 0 Å². The molecule has 0 saturated carbocycles. The van der Waals surface area contributed by atoms with Crippen molar-refractivity contribution in [2.75, 3.05) is 19.5 Å². The lowest BCUT2D eigenvalue weighted by atomic mass is 9.97. The number of esters is 2. The minimum absolute atomic E-state index is 0.00797. The summed E-state index contributed by atoms with van der Waals surface area (Å²) in [6.45, 7) is 0. The van der Waals surface area contributed by atoms with Crippen LogP contribution in [0.4, 0.5) is 11.4 Å². The van der Waals surface area contributed by atoms with Gasteiger partial charge in [-0.2, -0.15) is 0 Å². The molecule has 136 valence electrons. The number of hydrogen-bond donors (Lipinski definition) is 1. The van der Waals surface area contributed by atoms with Crippen molar-refractivity contribution in [2.45, 2.75) is 12.5 Å². The third kappa shape index (κ3) is 5.73. The fourth-order valence-corrected chi connectivity index (χ4v) is 2.42. The lowest BCUT2D eigenvalue weighted by Gasteiger charge is -2.24. The summed E-state index contributed by atoms with van der Waals surface area (Å²) in [5.41, 5.74) is 1.49. The molecular formula is C20H22N2O4. The third-order valence-electron chi connectivity index (χ3n) is 3.79. The summed E-state index contributed by atoms with van der Waals surface area (Å²) in [5, 5.41) is 3.20. The van der Waals surface area contributed by atoms with Crippen molar-refractivity contribution >= 4 is 29.5 Å². The Morgan fingerprint density at radius 2 is 1.62 bits per heavy atom. The zero-order valence-electron chi connectivity index (χ0n) is 14.8. The van der Waals surface area contributed by atoms with Crippen LogP contribution in [0.2, 0.25) is 0 Å². The molecule has 0 amide bonds. The Kier molecular flexibility index (Phi) is 7.36. The van der Waals surface area contributed by atoms with Crippen LogP contribution in [0.3, 0.4) is 0 Å². The van der Waals surface area contributed by atoms with Gasteiger partial charge in [0, 0.05) is 11.9 Å². The smallest absolute Gasteiger partial charge is 0.316 e. The summed E-state index contributed by atoms with van der Waals surface area (Å²) < 4.78 is 9.68. The highest BCUT2D eigenvalue weighted by Gasteiger charge is 2.30. The highest BCUT2D eigenvalue weighted by Crippen LogP contribution is 2.18. The molecule has 0 radical (unpaired) electrons. The second kappa shape index (κ2) is 9.98. The van der Waals surface area contributed by atoms with Crippen LogP contribution in [-0.2, 0) is 19.1 Å². The van der Waals surface area contributed by atoms with E-state index in [1.807, 2.05) is 60.7 Å². The van der Waals surface area contributed by atoms with Crippen LogP contribution in [0.15, 0.2) is 65.7 Å². The molecule has 6 heteroatoms. The second-order valence-electron chi connectivity index (χ2n) is 5.56. The SMILES string of the molecule is COC(=O)CC(Nc1ccccc1)C(C=Nc1ccccc1)C(=O)OC. The van der Waals surface area contributed by atoms with Gasteiger partial charge in [-0.3, -0.25) is 14.6 Å². The Morgan fingerprint density at radius 1 is 1.00 bits per heavy atom. The van der Waals surface area contributed by atoms with Gasteiger partial charge in [0.25, 0.3) is 0 Å². The second-order valence-corrected chi connectivity index (χ2v) is 5.56. The quantitative estimate of drug-likeness (QED) is 0.582. The molecule has 1 N–H and O–H groups in total. The Hall–Kier alpha value is -3.15. The molecule has 0 heterocycles. The zero-order valence-corrected chi connectivity index (χ0v) is 14.8. The van der Waals surface area contributed by atoms with Gasteiger partial charge in [-0.25, -0.2) is 0 Å². The van der Waals surface area contributed by atoms with Gasteiger partial charge in [-0.1, -0.05) is 36.4 Å². The lowest BCUT2D eigenvalue weighted by Crippen LogP contribution is -2.38. The maximum atomic E-state index is 12.3. The Morgan fingerprint density at radius 3 is 2.19 bits per heavy atom. The van der Waals surface area contributed by atoms with E-state index in [1.165, 1.54) is 20.4 Å². The predicted octanol–water partition coefficient (Wildman–Crippen LogP) is 3.22. The maximum absolute atomic E-state index is 12.3. The molecule has 2 atom stereocenters. The molecule has 26 heavy (non-hydrogen) atoms. The van der Waals surface area contributed by atoms with E-state index in [9.17, 15) is 9.59 Å². The van der Waals surface area contributed by atoms with Gasteiger partial charge < -0.3 is 14.8 Å². The number of carbonyl (C=O) groups excluding carboxylic acids is 2. The van der Waals surface area contributed by atoms with Crippen LogP contribution in [0, 0.1) is 5.92 Å². The van der Waals surface area contributed by atoms with Gasteiger partial charge in [0.1, 0.15) is 5.92 Å². The number of anilines is 1. The lowest BCUT2D eigenvalue weighted by molar-refractivity contribution is -0.144. The van der Waals surface area contributed by atoms with Gasteiger partial charge in [0.15, 0.2) is 0 Å². The standard InChI is InChI=1S/C20H22N2O4/c1-25-19(23)13-18(22-16-11-7-4-8-12-16)17(20(24)26-2)14-21-15-9-5-3-6-10-15/h3-12,14,17-18,22H,13H2,1-2H3. The first-order valence-corrected chi connectivity index (χ1v) is 8.19. The molecule has 0 aliphatic rings. The average molecular weight is 354 g/mol. The molecule has 0 aromatic heterocycles. The van der Waals surface area contributed by atoms with E-state index in [1.54, 1.807) is 0 Å². The van der Waals surface area contributed by atoms with Crippen molar-refractivity contribution in [2.24, 2.45) is 10.9 Å². The van der Waals surface area contributed by atoms with Gasteiger partial charge in [-0.05, 0) is 24.3 Å². The summed E-state index contributed by atoms with van der Waals surface area (Å²) in [4.78, 5) is 28.5. The number of aliphatic imine (C=N–C) groups is 1. The molecule has 2 unspecified atom stereocenters. The van der Waals surface area contributed by atoms with E-state index in [0.717, 1.165) is 5.69 Å². The number of methoxy groups -OCH3 is 2. The van der Waals surface area contributed by atoms with Crippen LogP contribution >= 0.6 is 0 Å². The fourth-order valence-electron chi connectivity index (χ4n) is 2.42. The highest BCUT2D eigenvalue weighted by atomic mass is 16.5. The first kappa shape index (κ1) is 19.2. The van der Waals surface area contributed by atoms with E-state index in [-0.39, 0.29) is 6.42 Å². The largest absolute Gasteiger partial charge is 0.469 e. The molecule has 0 aliphatic carbocycles. The topological polar surface area (TPSA) is 77.0 Å². The third-order valence-corrected chi connectivity index (χ3v) is 3.79. The number of para-hydroxylation sites is 2. The van der Waals surface area contributed by atoms with Crippen LogP contribution < -0.4 is 5.32 Å². The number of nitrogens with zero attached hydrogens (tertiary/aromatic N) is 1. The van der Waals surface area contributed by atoms with Gasteiger partial charge in [-0.15, -0.1) is 0 Å². The Bertz CT molecular complexity index is 732. The molecule has 2 rings (SSSR count). The van der Waals surface area contributed by atoms with E-state index >= 15 is 0 Å². The number of ether oxygens (including phenoxy) is 2. The maximum Gasteiger partial charge on any atom is 0.316 e. The van der Waals surface area contributed by atoms with Gasteiger partial charge >= 0.3 is 11.9 Å². The first-order valence-electron chi connectivity index (χ1n) is 8.19. The summed E-state index contributed by atoms with van der Waals surface area (Å²) in [7, 11) is 2.62. The van der Waals surface area contributed by atoms with Crippen molar-refractivity contribution in [3.05, 3.63) is 60.7 Å². The Labute approximate surface area is 152 Å². The summed E-state index contributed by atoms with van der Waals surface area (Å²) >= 11 is 0. The van der Waals surface area contributed by atoms with E-state index in [2.05, 4.69) is 10.3 Å². The van der Waals surface area contributed by atoms with Crippen molar-refractivity contribution in [1.82, 2.24) is 0 Å². The van der Waals surface area contributed by atoms with Gasteiger partial charge in [0.2, 0.25) is 0 Å². The van der Waals surface area contributed by atoms with Crippen LogP contribution in [0.25, 0.3) is 0 Å². The Balaban J connectivity index is 2.28. The zero-order chi connectivity index (χ0) is 18.8. The van der Waals surface area contributed by atoms with Crippen LogP contribution in [-0.4, -0.2) is 38.4 Å². The number of hydrogen-bond acceptors (Lipinski definition) is 6. The normalized spacial score (nSPS) is 13.0. The molecule has 0 fully saturated rings. The fraction of sp³-hybridized carbons (Fsp3) is 0.250. The molecule has 0 spiro atoms. The van der Waals surface area contributed by atoms with Crippen molar-refractivity contribution < 1.29 is 19.1 Å². The number of rotatable bonds is 8. The minimum Gasteiger partial charge on any atom is -0.469 e. The molecule has 0 bridgehead atoms. The van der Waals surface area contributed by atoms with Crippen molar-refractivity contribution in [1.29, 1.82) is 0 Å². The predicted molar refractivity (Wildman–Crippen MR) is 101 cm³/mol. The number of benzene rings is 2. The molecule has 2 aromatic rings. The minimum atomic E-state index is -0.764. The summed E-state index contributed by atoms with van der Waals surface area (Å²) in [6, 6.07) is 18.0. The van der Waals surface area contributed by atoms with Crippen molar-refractivity contribution in [3.63, 3.8) is 0 Å². The number of nitrogens with one attached hydrogen (secondary N) is 1. The molecule has 2 aromatic carbocycles. The number of carbonyl (C=O) groups is 2. The van der Waals surface area contributed by atoms with E-state index in [4.69, 9.17) is 9.47 Å². The van der Waals surface area contributed by atoms with Crippen LogP contribution in [0.1, 0.15) is 6.42 Å². The summed E-state index contributed by atoms with van der Waals surface area (Å²) in [5.74, 6) is -1.68. The monoisotopic (exact) mass is 354 g/mol. The summed E-state index contributed by atoms with van der Waals surface area (Å²) in [6.07, 6.45) is 1.50. The van der Waals surface area contributed by atoms with E-state index in [0.29, 0.717) is 5.69 Å². The average Bonchev–Trinajstić information content (AvgIpc) is 2.69. The highest BCUT2D eigenvalue weighted by molar-refractivity contribution is 5.93. The first-order chi connectivity index (χ1) is 12.6. The molecule has 0 aliphatic heterocycles. The molecule has 6 nitrogen and oxygen atoms in total. The molecule has 0 saturated heterocycles.